The van der Waals surface area contributed by atoms with Crippen molar-refractivity contribution in [2.75, 3.05) is 43.1 Å². The van der Waals surface area contributed by atoms with Crippen LogP contribution < -0.4 is 19.9 Å². The van der Waals surface area contributed by atoms with Crippen molar-refractivity contribution in [1.82, 2.24) is 5.32 Å². The Morgan fingerprint density at radius 1 is 1.03 bits per heavy atom. The van der Waals surface area contributed by atoms with E-state index >= 15 is 0 Å². The number of para-hydroxylation sites is 2. The SMILES string of the molecule is COc1ccccc1CCNC(=O)C1Cc2ccccc2N2CCN(c3ccc(F)cc3)CC12. The maximum absolute atomic E-state index is 13.5. The van der Waals surface area contributed by atoms with Crippen LogP contribution in [0.15, 0.2) is 72.8 Å². The molecule has 2 aliphatic rings. The van der Waals surface area contributed by atoms with Gasteiger partial charge in [0.2, 0.25) is 5.91 Å². The van der Waals surface area contributed by atoms with Crippen LogP contribution in [0.25, 0.3) is 0 Å². The molecule has 34 heavy (non-hydrogen) atoms. The van der Waals surface area contributed by atoms with Crippen molar-refractivity contribution in [3.05, 3.63) is 89.7 Å². The number of hydrogen-bond donors (Lipinski definition) is 1. The van der Waals surface area contributed by atoms with Gasteiger partial charge >= 0.3 is 0 Å². The van der Waals surface area contributed by atoms with Gasteiger partial charge in [-0.3, -0.25) is 4.79 Å². The smallest absolute Gasteiger partial charge is 0.225 e. The molecule has 6 heteroatoms. The Hall–Kier alpha value is -3.54. The van der Waals surface area contributed by atoms with Crippen molar-refractivity contribution in [2.24, 2.45) is 5.92 Å². The molecule has 0 saturated carbocycles. The van der Waals surface area contributed by atoms with Crippen molar-refractivity contribution in [3.63, 3.8) is 0 Å². The molecule has 1 N–H and O–H groups in total. The van der Waals surface area contributed by atoms with Crippen LogP contribution in [-0.4, -0.2) is 45.2 Å². The van der Waals surface area contributed by atoms with Crippen LogP contribution in [0.3, 0.4) is 0 Å². The molecule has 3 aromatic rings. The highest BCUT2D eigenvalue weighted by atomic mass is 19.1. The van der Waals surface area contributed by atoms with E-state index < -0.39 is 0 Å². The van der Waals surface area contributed by atoms with E-state index in [9.17, 15) is 9.18 Å². The molecule has 0 radical (unpaired) electrons. The van der Waals surface area contributed by atoms with Gasteiger partial charge in [-0.1, -0.05) is 36.4 Å². The summed E-state index contributed by atoms with van der Waals surface area (Å²) in [6.45, 7) is 2.94. The predicted molar refractivity (Wildman–Crippen MR) is 133 cm³/mol. The molecule has 1 fully saturated rings. The Morgan fingerprint density at radius 2 is 1.79 bits per heavy atom. The molecule has 0 spiro atoms. The summed E-state index contributed by atoms with van der Waals surface area (Å²) in [5.41, 5.74) is 4.53. The van der Waals surface area contributed by atoms with Crippen LogP contribution in [0.2, 0.25) is 0 Å². The fourth-order valence-corrected chi connectivity index (χ4v) is 5.30. The van der Waals surface area contributed by atoms with Crippen molar-refractivity contribution in [1.29, 1.82) is 0 Å². The number of hydrogen-bond acceptors (Lipinski definition) is 4. The molecule has 0 aliphatic carbocycles. The highest BCUT2D eigenvalue weighted by Gasteiger charge is 2.41. The zero-order valence-corrected chi connectivity index (χ0v) is 19.4. The molecule has 2 unspecified atom stereocenters. The minimum absolute atomic E-state index is 0.0555. The Morgan fingerprint density at radius 3 is 2.62 bits per heavy atom. The van der Waals surface area contributed by atoms with Crippen LogP contribution >= 0.6 is 0 Å². The number of methoxy groups -OCH3 is 1. The molecule has 176 valence electrons. The summed E-state index contributed by atoms with van der Waals surface area (Å²) in [5.74, 6) is 0.536. The van der Waals surface area contributed by atoms with Gasteiger partial charge in [0.1, 0.15) is 11.6 Å². The second kappa shape index (κ2) is 9.75. The molecule has 0 bridgehead atoms. The first-order valence-electron chi connectivity index (χ1n) is 11.9. The Labute approximate surface area is 200 Å². The third-order valence-corrected chi connectivity index (χ3v) is 7.04. The van der Waals surface area contributed by atoms with Gasteiger partial charge in [0.05, 0.1) is 19.1 Å². The summed E-state index contributed by atoms with van der Waals surface area (Å²) in [4.78, 5) is 18.1. The highest BCUT2D eigenvalue weighted by Crippen LogP contribution is 2.37. The second-order valence-corrected chi connectivity index (χ2v) is 8.98. The molecule has 1 amide bonds. The summed E-state index contributed by atoms with van der Waals surface area (Å²) in [6, 6.07) is 23.0. The van der Waals surface area contributed by atoms with E-state index in [0.29, 0.717) is 6.54 Å². The van der Waals surface area contributed by atoms with Crippen molar-refractivity contribution in [2.45, 2.75) is 18.9 Å². The van der Waals surface area contributed by atoms with E-state index in [1.807, 2.05) is 42.5 Å². The van der Waals surface area contributed by atoms with Gasteiger partial charge in [0.25, 0.3) is 0 Å². The number of amides is 1. The van der Waals surface area contributed by atoms with Crippen molar-refractivity contribution >= 4 is 17.3 Å². The number of nitrogens with zero attached hydrogens (tertiary/aromatic N) is 2. The maximum Gasteiger partial charge on any atom is 0.225 e. The summed E-state index contributed by atoms with van der Waals surface area (Å²) in [7, 11) is 1.67. The summed E-state index contributed by atoms with van der Waals surface area (Å²) in [5, 5.41) is 3.19. The third-order valence-electron chi connectivity index (χ3n) is 7.04. The maximum atomic E-state index is 13.5. The Kier molecular flexibility index (Phi) is 6.39. The van der Waals surface area contributed by atoms with Crippen molar-refractivity contribution < 1.29 is 13.9 Å². The fraction of sp³-hybridized carbons (Fsp3) is 0.321. The molecular weight excluding hydrogens is 429 g/mol. The number of ether oxygens (including phenoxy) is 1. The van der Waals surface area contributed by atoms with Crippen LogP contribution in [0.4, 0.5) is 15.8 Å². The van der Waals surface area contributed by atoms with Gasteiger partial charge in [-0.05, 0) is 60.4 Å². The van der Waals surface area contributed by atoms with Crippen LogP contribution in [-0.2, 0) is 17.6 Å². The molecule has 5 rings (SSSR count). The van der Waals surface area contributed by atoms with Gasteiger partial charge in [-0.15, -0.1) is 0 Å². The molecule has 5 nitrogen and oxygen atoms in total. The molecule has 2 atom stereocenters. The minimum Gasteiger partial charge on any atom is -0.496 e. The zero-order chi connectivity index (χ0) is 23.5. The lowest BCUT2D eigenvalue weighted by Gasteiger charge is -2.49. The standard InChI is InChI=1S/C28H30FN3O2/c1-34-27-9-5-3-6-20(27)14-15-30-28(33)24-18-21-7-2-4-8-25(21)32-17-16-31(19-26(24)32)23-12-10-22(29)11-13-23/h2-13,24,26H,14-19H2,1H3,(H,30,33). The molecule has 0 aromatic heterocycles. The van der Waals surface area contributed by atoms with Crippen molar-refractivity contribution in [3.8, 4) is 5.75 Å². The number of benzene rings is 3. The number of halogens is 1. The molecule has 1 saturated heterocycles. The first-order valence-corrected chi connectivity index (χ1v) is 11.9. The Bertz CT molecular complexity index is 1150. The topological polar surface area (TPSA) is 44.8 Å². The van der Waals surface area contributed by atoms with E-state index in [0.717, 1.165) is 49.5 Å². The molecule has 2 heterocycles. The minimum atomic E-state index is -0.235. The normalized spacial score (nSPS) is 19.2. The third kappa shape index (κ3) is 4.45. The first kappa shape index (κ1) is 22.3. The van der Waals surface area contributed by atoms with Crippen LogP contribution in [0.1, 0.15) is 11.1 Å². The molecule has 2 aliphatic heterocycles. The number of nitrogens with one attached hydrogen (secondary N) is 1. The van der Waals surface area contributed by atoms with Gasteiger partial charge in [0.15, 0.2) is 0 Å². The average Bonchev–Trinajstić information content (AvgIpc) is 2.88. The number of carbonyl (C=O) groups excluding carboxylic acids is 1. The highest BCUT2D eigenvalue weighted by molar-refractivity contribution is 5.82. The van der Waals surface area contributed by atoms with E-state index in [2.05, 4.69) is 33.3 Å². The number of piperazine rings is 1. The van der Waals surface area contributed by atoms with Gasteiger partial charge < -0.3 is 19.9 Å². The number of fused-ring (bicyclic) bond motifs is 3. The Balaban J connectivity index is 1.33. The van der Waals surface area contributed by atoms with Gasteiger partial charge in [0, 0.05) is 37.6 Å². The molecule has 3 aromatic carbocycles. The zero-order valence-electron chi connectivity index (χ0n) is 19.4. The summed E-state index contributed by atoms with van der Waals surface area (Å²) in [6.07, 6.45) is 1.43. The van der Waals surface area contributed by atoms with Gasteiger partial charge in [-0.25, -0.2) is 4.39 Å². The number of rotatable bonds is 6. The number of carbonyl (C=O) groups is 1. The quantitative estimate of drug-likeness (QED) is 0.604. The monoisotopic (exact) mass is 459 g/mol. The summed E-state index contributed by atoms with van der Waals surface area (Å²) >= 11 is 0. The summed E-state index contributed by atoms with van der Waals surface area (Å²) < 4.78 is 18.9. The first-order chi connectivity index (χ1) is 16.6. The van der Waals surface area contributed by atoms with E-state index in [1.54, 1.807) is 7.11 Å². The van der Waals surface area contributed by atoms with Gasteiger partial charge in [-0.2, -0.15) is 0 Å². The molecular formula is C28H30FN3O2. The van der Waals surface area contributed by atoms with Crippen LogP contribution in [0.5, 0.6) is 5.75 Å². The lowest BCUT2D eigenvalue weighted by atomic mass is 9.83. The predicted octanol–water partition coefficient (Wildman–Crippen LogP) is 4.06. The van der Waals surface area contributed by atoms with E-state index in [4.69, 9.17) is 4.74 Å². The number of anilines is 2. The fourth-order valence-electron chi connectivity index (χ4n) is 5.30. The van der Waals surface area contributed by atoms with Crippen LogP contribution in [0, 0.1) is 11.7 Å². The van der Waals surface area contributed by atoms with E-state index in [-0.39, 0.29) is 23.7 Å². The lowest BCUT2D eigenvalue weighted by molar-refractivity contribution is -0.125. The second-order valence-electron chi connectivity index (χ2n) is 8.98. The van der Waals surface area contributed by atoms with E-state index in [1.165, 1.54) is 23.4 Å². The average molecular weight is 460 g/mol. The lowest BCUT2D eigenvalue weighted by Crippen LogP contribution is -2.61. The largest absolute Gasteiger partial charge is 0.496 e.